The van der Waals surface area contributed by atoms with E-state index in [1.807, 2.05) is 6.92 Å². The molecule has 2 aromatic rings. The van der Waals surface area contributed by atoms with Crippen LogP contribution in [0, 0.1) is 13.8 Å². The second-order valence-corrected chi connectivity index (χ2v) is 4.67. The van der Waals surface area contributed by atoms with Gasteiger partial charge < -0.3 is 9.52 Å². The third kappa shape index (κ3) is 2.00. The smallest absolute Gasteiger partial charge is 0.331 e. The lowest BCUT2D eigenvalue weighted by Gasteiger charge is -2.23. The molecule has 2 heterocycles. The summed E-state index contributed by atoms with van der Waals surface area (Å²) >= 11 is 0. The molecule has 0 saturated heterocycles. The lowest BCUT2D eigenvalue weighted by atomic mass is 9.99. The molecule has 0 spiro atoms. The summed E-state index contributed by atoms with van der Waals surface area (Å²) in [4.78, 5) is 11.5. The average Bonchev–Trinajstić information content (AvgIpc) is 2.94. The summed E-state index contributed by atoms with van der Waals surface area (Å²) in [5.74, 6) is 0.829. The molecule has 102 valence electrons. The minimum absolute atomic E-state index is 0.371. The summed E-state index contributed by atoms with van der Waals surface area (Å²) in [5.41, 5.74) is -0.473. The van der Waals surface area contributed by atoms with Gasteiger partial charge in [0.1, 0.15) is 11.5 Å². The van der Waals surface area contributed by atoms with Crippen LogP contribution in [0.5, 0.6) is 0 Å². The van der Waals surface area contributed by atoms with E-state index in [9.17, 15) is 9.90 Å². The maximum atomic E-state index is 11.5. The Morgan fingerprint density at radius 2 is 2.21 bits per heavy atom. The number of aryl methyl sites for hydroxylation is 2. The number of carboxylic acid groups (broad SMARTS) is 1. The summed E-state index contributed by atoms with van der Waals surface area (Å²) in [7, 11) is 0. The lowest BCUT2D eigenvalue weighted by molar-refractivity contribution is -0.147. The van der Waals surface area contributed by atoms with E-state index in [4.69, 9.17) is 4.42 Å². The van der Waals surface area contributed by atoms with Gasteiger partial charge in [-0.3, -0.25) is 0 Å². The van der Waals surface area contributed by atoms with Crippen molar-refractivity contribution in [1.82, 2.24) is 20.2 Å². The van der Waals surface area contributed by atoms with E-state index < -0.39 is 11.5 Å². The van der Waals surface area contributed by atoms with Crippen LogP contribution in [0.4, 0.5) is 0 Å². The van der Waals surface area contributed by atoms with Gasteiger partial charge in [0.15, 0.2) is 11.4 Å². The van der Waals surface area contributed by atoms with Crippen molar-refractivity contribution in [3.05, 3.63) is 17.6 Å². The highest BCUT2D eigenvalue weighted by atomic mass is 16.4. The molecule has 7 nitrogen and oxygen atoms in total. The fourth-order valence-electron chi connectivity index (χ4n) is 1.93. The van der Waals surface area contributed by atoms with Gasteiger partial charge in [0, 0.05) is 0 Å². The first-order valence-corrected chi connectivity index (χ1v) is 5.99. The number of hydrogen-bond acceptors (Lipinski definition) is 5. The number of furan rings is 1. The predicted molar refractivity (Wildman–Crippen MR) is 66.6 cm³/mol. The standard InChI is InChI=1S/C12H16N4O3/c1-5-12(4,11(17)18)16-10(13-14-15-16)9-6-7(2)19-8(9)3/h6H,5H2,1-4H3,(H,17,18). The Labute approximate surface area is 110 Å². The zero-order valence-electron chi connectivity index (χ0n) is 11.3. The number of aliphatic carboxylic acids is 1. The van der Waals surface area contributed by atoms with Crippen molar-refractivity contribution in [1.29, 1.82) is 0 Å². The van der Waals surface area contributed by atoms with Gasteiger partial charge in [-0.05, 0) is 43.7 Å². The van der Waals surface area contributed by atoms with Crippen molar-refractivity contribution in [2.24, 2.45) is 0 Å². The quantitative estimate of drug-likeness (QED) is 0.904. The van der Waals surface area contributed by atoms with Gasteiger partial charge in [-0.25, -0.2) is 9.48 Å². The van der Waals surface area contributed by atoms with Gasteiger partial charge in [0.2, 0.25) is 0 Å². The number of carboxylic acids is 1. The SMILES string of the molecule is CCC(C)(C(=O)O)n1nnnc1-c1cc(C)oc1C. The molecular formula is C12H16N4O3. The van der Waals surface area contributed by atoms with Gasteiger partial charge in [-0.15, -0.1) is 5.10 Å². The number of tetrazole rings is 1. The predicted octanol–water partition coefficient (Wildman–Crippen LogP) is 1.76. The van der Waals surface area contributed by atoms with Gasteiger partial charge in [-0.1, -0.05) is 6.92 Å². The Balaban J connectivity index is 2.60. The highest BCUT2D eigenvalue weighted by molar-refractivity contribution is 5.77. The Kier molecular flexibility index (Phi) is 3.13. The summed E-state index contributed by atoms with van der Waals surface area (Å²) in [6, 6.07) is 1.80. The molecule has 7 heteroatoms. The topological polar surface area (TPSA) is 94.0 Å². The van der Waals surface area contributed by atoms with E-state index in [0.29, 0.717) is 23.6 Å². The summed E-state index contributed by atoms with van der Waals surface area (Å²) < 4.78 is 6.78. The molecule has 0 aliphatic rings. The Hall–Kier alpha value is -2.18. The molecule has 0 amide bonds. The molecule has 1 N–H and O–H groups in total. The third-order valence-corrected chi connectivity index (χ3v) is 3.37. The molecule has 0 aliphatic heterocycles. The number of nitrogens with zero attached hydrogens (tertiary/aromatic N) is 4. The largest absolute Gasteiger partial charge is 0.479 e. The van der Waals surface area contributed by atoms with Gasteiger partial charge in [0.05, 0.1) is 5.56 Å². The second-order valence-electron chi connectivity index (χ2n) is 4.67. The van der Waals surface area contributed by atoms with Crippen molar-refractivity contribution < 1.29 is 14.3 Å². The second kappa shape index (κ2) is 4.49. The fraction of sp³-hybridized carbons (Fsp3) is 0.500. The molecular weight excluding hydrogens is 248 g/mol. The van der Waals surface area contributed by atoms with Crippen LogP contribution in [0.1, 0.15) is 31.8 Å². The number of aromatic nitrogens is 4. The summed E-state index contributed by atoms with van der Waals surface area (Å²) in [6.07, 6.45) is 0.371. The van der Waals surface area contributed by atoms with Gasteiger partial charge in [0.25, 0.3) is 0 Å². The molecule has 0 bridgehead atoms. The molecule has 0 saturated carbocycles. The zero-order chi connectivity index (χ0) is 14.2. The van der Waals surface area contributed by atoms with Crippen molar-refractivity contribution in [3.8, 4) is 11.4 Å². The third-order valence-electron chi connectivity index (χ3n) is 3.37. The first-order chi connectivity index (χ1) is 8.90. The minimum atomic E-state index is -1.18. The summed E-state index contributed by atoms with van der Waals surface area (Å²) in [5, 5.41) is 20.8. The molecule has 0 aromatic carbocycles. The molecule has 2 aromatic heterocycles. The maximum absolute atomic E-state index is 11.5. The number of rotatable bonds is 4. The van der Waals surface area contributed by atoms with Crippen molar-refractivity contribution in [2.75, 3.05) is 0 Å². The Morgan fingerprint density at radius 1 is 1.53 bits per heavy atom. The molecule has 2 rings (SSSR count). The number of carbonyl (C=O) groups is 1. The zero-order valence-corrected chi connectivity index (χ0v) is 11.3. The van der Waals surface area contributed by atoms with E-state index in [0.717, 1.165) is 5.76 Å². The monoisotopic (exact) mass is 264 g/mol. The molecule has 0 aliphatic carbocycles. The number of hydrogen-bond donors (Lipinski definition) is 1. The molecule has 1 atom stereocenters. The molecule has 0 radical (unpaired) electrons. The first kappa shape index (κ1) is 13.3. The van der Waals surface area contributed by atoms with Crippen molar-refractivity contribution in [2.45, 2.75) is 39.7 Å². The normalized spacial score (nSPS) is 14.3. The summed E-state index contributed by atoms with van der Waals surface area (Å²) in [6.45, 7) is 7.00. The van der Waals surface area contributed by atoms with Crippen LogP contribution in [-0.4, -0.2) is 31.3 Å². The van der Waals surface area contributed by atoms with E-state index in [-0.39, 0.29) is 0 Å². The van der Waals surface area contributed by atoms with Crippen molar-refractivity contribution in [3.63, 3.8) is 0 Å². The van der Waals surface area contributed by atoms with E-state index in [2.05, 4.69) is 15.5 Å². The highest BCUT2D eigenvalue weighted by Gasteiger charge is 2.37. The van der Waals surface area contributed by atoms with E-state index >= 15 is 0 Å². The van der Waals surface area contributed by atoms with E-state index in [1.165, 1.54) is 4.68 Å². The van der Waals surface area contributed by atoms with Gasteiger partial charge in [-0.2, -0.15) is 0 Å². The Morgan fingerprint density at radius 3 is 2.68 bits per heavy atom. The molecule has 1 unspecified atom stereocenters. The van der Waals surface area contributed by atoms with Crippen LogP contribution in [-0.2, 0) is 10.3 Å². The lowest BCUT2D eigenvalue weighted by Crippen LogP contribution is -2.39. The molecule has 0 fully saturated rings. The average molecular weight is 264 g/mol. The van der Waals surface area contributed by atoms with Crippen LogP contribution in [0.2, 0.25) is 0 Å². The highest BCUT2D eigenvalue weighted by Crippen LogP contribution is 2.29. The first-order valence-electron chi connectivity index (χ1n) is 5.99. The van der Waals surface area contributed by atoms with Crippen molar-refractivity contribution >= 4 is 5.97 Å². The van der Waals surface area contributed by atoms with Crippen LogP contribution >= 0.6 is 0 Å². The van der Waals surface area contributed by atoms with Crippen LogP contribution < -0.4 is 0 Å². The van der Waals surface area contributed by atoms with Crippen LogP contribution in [0.15, 0.2) is 10.5 Å². The minimum Gasteiger partial charge on any atom is -0.479 e. The fourth-order valence-corrected chi connectivity index (χ4v) is 1.93. The maximum Gasteiger partial charge on any atom is 0.331 e. The Bertz CT molecular complexity index is 616. The molecule has 19 heavy (non-hydrogen) atoms. The van der Waals surface area contributed by atoms with E-state index in [1.54, 1.807) is 26.8 Å². The van der Waals surface area contributed by atoms with Crippen LogP contribution in [0.25, 0.3) is 11.4 Å². The van der Waals surface area contributed by atoms with Crippen LogP contribution in [0.3, 0.4) is 0 Å². The van der Waals surface area contributed by atoms with Gasteiger partial charge >= 0.3 is 5.97 Å².